The minimum Gasteiger partial charge on any atom is -0.207 e. The lowest BCUT2D eigenvalue weighted by Crippen LogP contribution is -2.25. The van der Waals surface area contributed by atoms with Crippen LogP contribution in [0.2, 0.25) is 0 Å². The molecule has 0 amide bonds. The van der Waals surface area contributed by atoms with E-state index in [1.807, 2.05) is 6.07 Å². The first kappa shape index (κ1) is 16.6. The summed E-state index contributed by atoms with van der Waals surface area (Å²) < 4.78 is 38.8. The molecule has 0 radical (unpaired) electrons. The number of halogens is 1. The third-order valence-electron chi connectivity index (χ3n) is 3.90. The molecule has 130 valence electrons. The molecule has 0 fully saturated rings. The predicted octanol–water partition coefficient (Wildman–Crippen LogP) is 3.10. The zero-order valence-electron chi connectivity index (χ0n) is 13.2. The van der Waals surface area contributed by atoms with Gasteiger partial charge in [-0.1, -0.05) is 18.2 Å². The molecule has 1 aliphatic rings. The van der Waals surface area contributed by atoms with Gasteiger partial charge in [-0.2, -0.15) is 23.3 Å². The first-order chi connectivity index (χ1) is 12.5. The maximum absolute atomic E-state index is 13.5. The summed E-state index contributed by atoms with van der Waals surface area (Å²) in [7, 11) is -3.89. The molecule has 26 heavy (non-hydrogen) atoms. The Balaban J connectivity index is 1.86. The fourth-order valence-corrected chi connectivity index (χ4v) is 4.82. The molecule has 4 rings (SSSR count). The average molecular weight is 386 g/mol. The molecular formula is C17H11FN4O2S2. The van der Waals surface area contributed by atoms with E-state index < -0.39 is 10.0 Å². The van der Waals surface area contributed by atoms with Gasteiger partial charge in [0.05, 0.1) is 9.79 Å². The van der Waals surface area contributed by atoms with Crippen LogP contribution in [0.25, 0.3) is 11.3 Å². The number of hydrogen-bond donors (Lipinski definition) is 1. The van der Waals surface area contributed by atoms with Crippen molar-refractivity contribution in [2.75, 3.05) is 4.83 Å². The Morgan fingerprint density at radius 2 is 2.00 bits per heavy atom. The zero-order chi connectivity index (χ0) is 18.3. The number of nitrogens with one attached hydrogen (secondary N) is 1. The number of nitriles is 1. The molecule has 1 aliphatic heterocycles. The fourth-order valence-electron chi connectivity index (χ4n) is 2.74. The second kappa shape index (κ2) is 6.16. The van der Waals surface area contributed by atoms with Crippen LogP contribution in [0.15, 0.2) is 58.3 Å². The van der Waals surface area contributed by atoms with Crippen LogP contribution in [0.5, 0.6) is 0 Å². The number of nitrogens with zero attached hydrogens (tertiary/aromatic N) is 3. The maximum atomic E-state index is 13.5. The van der Waals surface area contributed by atoms with E-state index in [1.54, 1.807) is 24.3 Å². The molecule has 0 unspecified atom stereocenters. The molecule has 0 atom stereocenters. The first-order valence-electron chi connectivity index (χ1n) is 7.52. The largest absolute Gasteiger partial charge is 0.276 e. The van der Waals surface area contributed by atoms with Gasteiger partial charge in [0.1, 0.15) is 17.6 Å². The van der Waals surface area contributed by atoms with Crippen LogP contribution in [0.1, 0.15) is 11.3 Å². The van der Waals surface area contributed by atoms with Crippen LogP contribution < -0.4 is 4.83 Å². The highest BCUT2D eigenvalue weighted by Gasteiger charge is 2.28. The van der Waals surface area contributed by atoms with E-state index in [1.165, 1.54) is 36.0 Å². The number of benzene rings is 2. The zero-order valence-corrected chi connectivity index (χ0v) is 14.8. The second-order valence-corrected chi connectivity index (χ2v) is 8.19. The summed E-state index contributed by atoms with van der Waals surface area (Å²) in [5.41, 5.74) is 1.92. The van der Waals surface area contributed by atoms with Crippen LogP contribution in [0, 0.1) is 17.1 Å². The third-order valence-corrected chi connectivity index (χ3v) is 6.34. The van der Waals surface area contributed by atoms with Crippen molar-refractivity contribution in [3.05, 3.63) is 65.6 Å². The van der Waals surface area contributed by atoms with Gasteiger partial charge < -0.3 is 0 Å². The van der Waals surface area contributed by atoms with Crippen molar-refractivity contribution in [2.45, 2.75) is 15.5 Å². The molecule has 1 aromatic heterocycles. The lowest BCUT2D eigenvalue weighted by atomic mass is 10.0. The van der Waals surface area contributed by atoms with Crippen LogP contribution in [-0.2, 0) is 15.8 Å². The number of hydrogen-bond acceptors (Lipinski definition) is 5. The highest BCUT2D eigenvalue weighted by Crippen LogP contribution is 2.43. The van der Waals surface area contributed by atoms with Gasteiger partial charge in [-0.25, -0.2) is 4.39 Å². The van der Waals surface area contributed by atoms with Gasteiger partial charge in [0.15, 0.2) is 5.69 Å². The quantitative estimate of drug-likeness (QED) is 0.747. The number of fused-ring (bicyclic) bond motifs is 3. The molecule has 2 heterocycles. The lowest BCUT2D eigenvalue weighted by molar-refractivity contribution is 0.592. The van der Waals surface area contributed by atoms with Crippen molar-refractivity contribution < 1.29 is 12.8 Å². The molecule has 0 saturated carbocycles. The number of thioether (sulfide) groups is 1. The fraction of sp³-hybridized carbons (Fsp3) is 0.0588. The van der Waals surface area contributed by atoms with Crippen molar-refractivity contribution in [1.82, 2.24) is 9.89 Å². The first-order valence-corrected chi connectivity index (χ1v) is 9.99. The summed E-state index contributed by atoms with van der Waals surface area (Å²) in [6, 6.07) is 14.1. The summed E-state index contributed by atoms with van der Waals surface area (Å²) in [5, 5.41) is 13.4. The molecule has 0 saturated heterocycles. The van der Waals surface area contributed by atoms with Gasteiger partial charge in [-0.15, -0.1) is 16.9 Å². The second-order valence-electron chi connectivity index (χ2n) is 5.55. The Bertz CT molecular complexity index is 1150. The monoisotopic (exact) mass is 386 g/mol. The minimum atomic E-state index is -3.89. The van der Waals surface area contributed by atoms with Gasteiger partial charge in [0.25, 0.3) is 10.0 Å². The molecular weight excluding hydrogens is 375 g/mol. The number of rotatable bonds is 3. The van der Waals surface area contributed by atoms with E-state index in [-0.39, 0.29) is 16.4 Å². The number of aromatic nitrogens is 2. The third kappa shape index (κ3) is 2.73. The Morgan fingerprint density at radius 3 is 2.73 bits per heavy atom. The van der Waals surface area contributed by atoms with Gasteiger partial charge in [0, 0.05) is 11.3 Å². The van der Waals surface area contributed by atoms with Gasteiger partial charge >= 0.3 is 0 Å². The summed E-state index contributed by atoms with van der Waals surface area (Å²) in [4.78, 5) is 4.12. The Morgan fingerprint density at radius 1 is 1.23 bits per heavy atom. The van der Waals surface area contributed by atoms with E-state index in [0.717, 1.165) is 4.79 Å². The SMILES string of the molecule is N#Cc1nn(NS(=O)(=O)c2ccccc2)c2c1SCc1cc(F)ccc1-2. The summed E-state index contributed by atoms with van der Waals surface area (Å²) in [5.74, 6) is 0.107. The highest BCUT2D eigenvalue weighted by molar-refractivity contribution is 7.98. The van der Waals surface area contributed by atoms with E-state index in [4.69, 9.17) is 0 Å². The topological polar surface area (TPSA) is 87.8 Å². The lowest BCUT2D eigenvalue weighted by Gasteiger charge is -2.18. The summed E-state index contributed by atoms with van der Waals surface area (Å²) >= 11 is 1.33. The van der Waals surface area contributed by atoms with Crippen LogP contribution in [0.4, 0.5) is 4.39 Å². The Hall–Kier alpha value is -2.83. The van der Waals surface area contributed by atoms with Crippen LogP contribution in [0.3, 0.4) is 0 Å². The van der Waals surface area contributed by atoms with Crippen LogP contribution >= 0.6 is 11.8 Å². The maximum Gasteiger partial charge on any atom is 0.276 e. The van der Waals surface area contributed by atoms with Crippen molar-refractivity contribution in [2.24, 2.45) is 0 Å². The molecule has 6 nitrogen and oxygen atoms in total. The normalized spacial score (nSPS) is 12.8. The van der Waals surface area contributed by atoms with E-state index in [9.17, 15) is 18.1 Å². The Kier molecular flexibility index (Phi) is 3.94. The van der Waals surface area contributed by atoms with Gasteiger partial charge in [-0.3, -0.25) is 0 Å². The van der Waals surface area contributed by atoms with E-state index in [2.05, 4.69) is 9.93 Å². The highest BCUT2D eigenvalue weighted by atomic mass is 32.2. The molecule has 9 heteroatoms. The van der Waals surface area contributed by atoms with E-state index in [0.29, 0.717) is 27.5 Å². The van der Waals surface area contributed by atoms with Crippen molar-refractivity contribution in [3.8, 4) is 17.3 Å². The molecule has 0 spiro atoms. The minimum absolute atomic E-state index is 0.0746. The summed E-state index contributed by atoms with van der Waals surface area (Å²) in [6.07, 6.45) is 0. The van der Waals surface area contributed by atoms with E-state index >= 15 is 0 Å². The van der Waals surface area contributed by atoms with Gasteiger partial charge in [-0.05, 0) is 35.9 Å². The Labute approximate surface area is 153 Å². The van der Waals surface area contributed by atoms with Crippen molar-refractivity contribution in [1.29, 1.82) is 5.26 Å². The smallest absolute Gasteiger partial charge is 0.207 e. The standard InChI is InChI=1S/C17H11FN4O2S2/c18-12-6-7-14-11(8-12)10-25-17-15(9-19)20-22(16(14)17)21-26(23,24)13-4-2-1-3-5-13/h1-8,21H,10H2. The summed E-state index contributed by atoms with van der Waals surface area (Å²) in [6.45, 7) is 0. The molecule has 0 aliphatic carbocycles. The van der Waals surface area contributed by atoms with Crippen molar-refractivity contribution in [3.63, 3.8) is 0 Å². The molecule has 3 aromatic rings. The molecule has 0 bridgehead atoms. The van der Waals surface area contributed by atoms with Crippen molar-refractivity contribution >= 4 is 21.8 Å². The molecule has 2 aromatic carbocycles. The predicted molar refractivity (Wildman–Crippen MR) is 94.9 cm³/mol. The molecule has 1 N–H and O–H groups in total. The van der Waals surface area contributed by atoms with Crippen LogP contribution in [-0.4, -0.2) is 18.3 Å². The average Bonchev–Trinajstić information content (AvgIpc) is 2.99. The number of sulfonamides is 1. The van der Waals surface area contributed by atoms with Gasteiger partial charge in [0.2, 0.25) is 0 Å².